The first kappa shape index (κ1) is 32.5. The van der Waals surface area contributed by atoms with Crippen molar-refractivity contribution in [2.24, 2.45) is 0 Å². The van der Waals surface area contributed by atoms with E-state index in [1.807, 2.05) is 36.4 Å². The fraction of sp³-hybridized carbons (Fsp3) is 0.344. The normalized spacial score (nSPS) is 14.4. The Balaban J connectivity index is 1.38. The maximum absolute atomic E-state index is 11.5. The van der Waals surface area contributed by atoms with Crippen molar-refractivity contribution < 1.29 is 19.0 Å². The number of ether oxygens (including phenoxy) is 3. The summed E-state index contributed by atoms with van der Waals surface area (Å²) in [4.78, 5) is 30.1. The molecule has 45 heavy (non-hydrogen) atoms. The monoisotopic (exact) mass is 651 g/mol. The van der Waals surface area contributed by atoms with Crippen LogP contribution in [0.1, 0.15) is 24.2 Å². The molecule has 1 saturated heterocycles. The summed E-state index contributed by atoms with van der Waals surface area (Å²) in [6, 6.07) is 11.5. The Morgan fingerprint density at radius 3 is 1.84 bits per heavy atom. The first-order valence-electron chi connectivity index (χ1n) is 14.5. The molecular weight excluding hydrogens is 617 g/mol. The largest absolute Gasteiger partial charge is 0.480 e. The highest BCUT2D eigenvalue weighted by Gasteiger charge is 2.21. The van der Waals surface area contributed by atoms with E-state index in [9.17, 15) is 4.79 Å². The molecule has 236 valence electrons. The summed E-state index contributed by atoms with van der Waals surface area (Å²) in [6.07, 6.45) is 4.73. The van der Waals surface area contributed by atoms with E-state index in [1.165, 1.54) is 0 Å². The zero-order valence-electron chi connectivity index (χ0n) is 25.3. The number of hydrogen-bond acceptors (Lipinski definition) is 10. The Morgan fingerprint density at radius 1 is 0.822 bits per heavy atom. The SMILES string of the molecule is COCCNCc1ncc(-c2cccc(-c3cccc(-c4cnc(CNCC5CCC(=O)N5)c(OC)n4)c3Cl)c2Cl)nc1OC. The number of aromatic nitrogens is 4. The first-order chi connectivity index (χ1) is 21.9. The van der Waals surface area contributed by atoms with Gasteiger partial charge < -0.3 is 30.2 Å². The van der Waals surface area contributed by atoms with E-state index in [1.54, 1.807) is 33.7 Å². The smallest absolute Gasteiger partial charge is 0.237 e. The molecule has 2 aromatic carbocycles. The van der Waals surface area contributed by atoms with Crippen LogP contribution in [0.2, 0.25) is 10.0 Å². The predicted molar refractivity (Wildman–Crippen MR) is 174 cm³/mol. The van der Waals surface area contributed by atoms with Crippen LogP contribution >= 0.6 is 23.2 Å². The van der Waals surface area contributed by atoms with E-state index in [2.05, 4.69) is 30.9 Å². The van der Waals surface area contributed by atoms with Gasteiger partial charge in [-0.15, -0.1) is 0 Å². The van der Waals surface area contributed by atoms with Gasteiger partial charge in [-0.2, -0.15) is 0 Å². The van der Waals surface area contributed by atoms with Crippen molar-refractivity contribution >= 4 is 29.1 Å². The van der Waals surface area contributed by atoms with Crippen molar-refractivity contribution in [3.63, 3.8) is 0 Å². The number of carbonyl (C=O) groups excluding carboxylic acids is 1. The molecule has 1 aliphatic rings. The third-order valence-electron chi connectivity index (χ3n) is 7.39. The maximum Gasteiger partial charge on any atom is 0.237 e. The Bertz CT molecular complexity index is 1660. The number of methoxy groups -OCH3 is 3. The zero-order chi connectivity index (χ0) is 31.8. The molecule has 2 aromatic heterocycles. The van der Waals surface area contributed by atoms with Crippen LogP contribution in [0.25, 0.3) is 33.6 Å². The minimum Gasteiger partial charge on any atom is -0.480 e. The molecule has 1 amide bonds. The number of hydrogen-bond donors (Lipinski definition) is 3. The van der Waals surface area contributed by atoms with Crippen LogP contribution < -0.4 is 25.4 Å². The number of nitrogens with zero attached hydrogens (tertiary/aromatic N) is 4. The molecule has 1 fully saturated rings. The standard InChI is InChI=1S/C32H35Cl2N7O4/c1-43-13-12-35-15-26-31(44-2)40-24(17-37-26)22-8-4-6-20(29(22)33)21-7-5-9-23(30(21)34)25-18-38-27(32(41-25)45-3)16-36-14-19-10-11-28(42)39-19/h4-9,17-19,35-36H,10-16H2,1-3H3,(H,39,42). The molecule has 0 spiro atoms. The molecule has 4 aromatic rings. The molecule has 0 bridgehead atoms. The maximum atomic E-state index is 11.5. The highest BCUT2D eigenvalue weighted by Crippen LogP contribution is 2.42. The molecule has 3 heterocycles. The highest BCUT2D eigenvalue weighted by atomic mass is 35.5. The van der Waals surface area contributed by atoms with E-state index in [-0.39, 0.29) is 11.9 Å². The summed E-state index contributed by atoms with van der Waals surface area (Å²) in [5.74, 6) is 0.887. The van der Waals surface area contributed by atoms with E-state index < -0.39 is 0 Å². The van der Waals surface area contributed by atoms with Crippen LogP contribution in [0.5, 0.6) is 11.8 Å². The van der Waals surface area contributed by atoms with Crippen LogP contribution in [0.15, 0.2) is 48.8 Å². The third kappa shape index (κ3) is 7.69. The third-order valence-corrected chi connectivity index (χ3v) is 8.21. The summed E-state index contributed by atoms with van der Waals surface area (Å²) in [6.45, 7) is 2.84. The lowest BCUT2D eigenvalue weighted by molar-refractivity contribution is -0.119. The highest BCUT2D eigenvalue weighted by molar-refractivity contribution is 6.39. The Hall–Kier alpha value is -3.87. The average molecular weight is 653 g/mol. The van der Waals surface area contributed by atoms with Gasteiger partial charge in [0.25, 0.3) is 0 Å². The van der Waals surface area contributed by atoms with Crippen molar-refractivity contribution in [3.8, 4) is 45.4 Å². The van der Waals surface area contributed by atoms with Crippen molar-refractivity contribution in [1.29, 1.82) is 0 Å². The summed E-state index contributed by atoms with van der Waals surface area (Å²) >= 11 is 14.0. The summed E-state index contributed by atoms with van der Waals surface area (Å²) in [7, 11) is 4.77. The van der Waals surface area contributed by atoms with Gasteiger partial charge in [-0.1, -0.05) is 59.6 Å². The van der Waals surface area contributed by atoms with Gasteiger partial charge in [0.2, 0.25) is 17.7 Å². The minimum atomic E-state index is 0.0843. The van der Waals surface area contributed by atoms with Crippen LogP contribution in [-0.2, 0) is 22.6 Å². The van der Waals surface area contributed by atoms with Crippen molar-refractivity contribution in [2.45, 2.75) is 32.0 Å². The van der Waals surface area contributed by atoms with Gasteiger partial charge in [0.1, 0.15) is 11.4 Å². The summed E-state index contributed by atoms with van der Waals surface area (Å²) < 4.78 is 16.2. The Labute approximate surface area is 272 Å². The molecule has 13 heteroatoms. The minimum absolute atomic E-state index is 0.0843. The molecule has 0 radical (unpaired) electrons. The average Bonchev–Trinajstić information content (AvgIpc) is 3.48. The van der Waals surface area contributed by atoms with Gasteiger partial charge >= 0.3 is 0 Å². The first-order valence-corrected chi connectivity index (χ1v) is 15.3. The van der Waals surface area contributed by atoms with Gasteiger partial charge in [0.15, 0.2) is 0 Å². The number of halogens is 2. The van der Waals surface area contributed by atoms with Crippen LogP contribution in [-0.4, -0.2) is 72.9 Å². The number of amides is 1. The molecule has 0 aliphatic carbocycles. The molecule has 3 N–H and O–H groups in total. The molecule has 1 unspecified atom stereocenters. The fourth-order valence-electron chi connectivity index (χ4n) is 5.07. The number of carbonyl (C=O) groups is 1. The van der Waals surface area contributed by atoms with Gasteiger partial charge in [0, 0.05) is 68.0 Å². The van der Waals surface area contributed by atoms with E-state index >= 15 is 0 Å². The Morgan fingerprint density at radius 2 is 1.36 bits per heavy atom. The predicted octanol–water partition coefficient (Wildman–Crippen LogP) is 4.70. The molecule has 11 nitrogen and oxygen atoms in total. The van der Waals surface area contributed by atoms with Crippen LogP contribution in [0.3, 0.4) is 0 Å². The van der Waals surface area contributed by atoms with Gasteiger partial charge in [-0.05, 0) is 6.42 Å². The van der Waals surface area contributed by atoms with Crippen LogP contribution in [0.4, 0.5) is 0 Å². The number of nitrogens with one attached hydrogen (secondary N) is 3. The number of benzene rings is 2. The summed E-state index contributed by atoms with van der Waals surface area (Å²) in [5, 5.41) is 10.5. The van der Waals surface area contributed by atoms with Gasteiger partial charge in [-0.25, -0.2) is 9.97 Å². The zero-order valence-corrected chi connectivity index (χ0v) is 26.8. The quantitative estimate of drug-likeness (QED) is 0.165. The number of rotatable bonds is 14. The Kier molecular flexibility index (Phi) is 11.1. The van der Waals surface area contributed by atoms with Gasteiger partial charge in [-0.3, -0.25) is 14.8 Å². The molecule has 5 rings (SSSR count). The lowest BCUT2D eigenvalue weighted by atomic mass is 9.98. The summed E-state index contributed by atoms with van der Waals surface area (Å²) in [5.41, 5.74) is 5.29. The van der Waals surface area contributed by atoms with E-state index in [0.717, 1.165) is 17.5 Å². The molecule has 0 saturated carbocycles. The topological polar surface area (TPSA) is 132 Å². The second kappa shape index (κ2) is 15.4. The molecular formula is C32H35Cl2N7O4. The van der Waals surface area contributed by atoms with Gasteiger partial charge in [0.05, 0.1) is 54.7 Å². The van der Waals surface area contributed by atoms with Crippen molar-refractivity contribution in [3.05, 3.63) is 70.2 Å². The van der Waals surface area contributed by atoms with E-state index in [4.69, 9.17) is 42.4 Å². The second-order valence-electron chi connectivity index (χ2n) is 10.4. The van der Waals surface area contributed by atoms with Crippen molar-refractivity contribution in [2.75, 3.05) is 41.0 Å². The molecule has 1 aliphatic heterocycles. The lowest BCUT2D eigenvalue weighted by Crippen LogP contribution is -2.35. The van der Waals surface area contributed by atoms with Crippen molar-refractivity contribution in [1.82, 2.24) is 35.9 Å². The lowest BCUT2D eigenvalue weighted by Gasteiger charge is -2.15. The molecule has 1 atom stereocenters. The fourth-order valence-corrected chi connectivity index (χ4v) is 5.72. The van der Waals surface area contributed by atoms with Crippen LogP contribution in [0, 0.1) is 0 Å². The van der Waals surface area contributed by atoms with E-state index in [0.29, 0.717) is 94.9 Å². The second-order valence-corrected chi connectivity index (χ2v) is 11.1.